The molecule has 33 heavy (non-hydrogen) atoms. The summed E-state index contributed by atoms with van der Waals surface area (Å²) < 4.78 is 5.85. The molecule has 0 saturated carbocycles. The molecule has 1 N–H and O–H groups in total. The number of Topliss-reactive ketones (excluding diaryl/α,β-unsaturated/α-hetero) is 1. The number of carbonyl (C=O) groups excluding carboxylic acids is 1. The van der Waals surface area contributed by atoms with E-state index < -0.39 is 0 Å². The average Bonchev–Trinajstić information content (AvgIpc) is 3.23. The van der Waals surface area contributed by atoms with E-state index in [1.807, 2.05) is 18.2 Å². The lowest BCUT2D eigenvalue weighted by Gasteiger charge is -2.35. The maximum absolute atomic E-state index is 12.7. The van der Waals surface area contributed by atoms with Crippen molar-refractivity contribution in [3.8, 4) is 11.1 Å². The normalized spacial score (nSPS) is 20.0. The van der Waals surface area contributed by atoms with Crippen LogP contribution in [-0.4, -0.2) is 41.7 Å². The summed E-state index contributed by atoms with van der Waals surface area (Å²) in [4.78, 5) is 20.8. The Morgan fingerprint density at radius 2 is 1.85 bits per heavy atom. The van der Waals surface area contributed by atoms with E-state index in [-0.39, 0.29) is 23.8 Å². The van der Waals surface area contributed by atoms with Crippen LogP contribution in [0, 0.1) is 5.41 Å². The Morgan fingerprint density at radius 3 is 2.61 bits per heavy atom. The van der Waals surface area contributed by atoms with Crippen molar-refractivity contribution < 1.29 is 14.6 Å². The summed E-state index contributed by atoms with van der Waals surface area (Å²) in [7, 11) is 0. The largest absolute Gasteiger partial charge is 0.392 e. The maximum atomic E-state index is 12.7. The zero-order chi connectivity index (χ0) is 23.0. The number of hydrogen-bond acceptors (Lipinski definition) is 6. The van der Waals surface area contributed by atoms with E-state index >= 15 is 0 Å². The monoisotopic (exact) mass is 462 g/mol. The Morgan fingerprint density at radius 1 is 1.12 bits per heavy atom. The van der Waals surface area contributed by atoms with Crippen LogP contribution in [0.25, 0.3) is 11.1 Å². The zero-order valence-corrected chi connectivity index (χ0v) is 20.0. The van der Waals surface area contributed by atoms with Crippen molar-refractivity contribution in [2.75, 3.05) is 24.7 Å². The number of nitrogens with zero attached hydrogens (tertiary/aromatic N) is 2. The third-order valence-corrected chi connectivity index (χ3v) is 7.71. The van der Waals surface area contributed by atoms with Gasteiger partial charge in [0, 0.05) is 13.0 Å². The topological polar surface area (TPSA) is 62.7 Å². The van der Waals surface area contributed by atoms with Crippen LogP contribution in [0.4, 0.5) is 5.13 Å². The summed E-state index contributed by atoms with van der Waals surface area (Å²) >= 11 is 1.56. The summed E-state index contributed by atoms with van der Waals surface area (Å²) in [5.41, 5.74) is 5.34. The minimum Gasteiger partial charge on any atom is -0.392 e. The highest BCUT2D eigenvalue weighted by Gasteiger charge is 2.36. The highest BCUT2D eigenvalue weighted by molar-refractivity contribution is 7.17. The van der Waals surface area contributed by atoms with E-state index in [9.17, 15) is 9.90 Å². The summed E-state index contributed by atoms with van der Waals surface area (Å²) in [6.07, 6.45) is 2.30. The molecule has 6 heteroatoms. The molecule has 5 nitrogen and oxygen atoms in total. The molecule has 3 aromatic rings. The summed E-state index contributed by atoms with van der Waals surface area (Å²) in [5.74, 6) is 0.229. The second-order valence-corrected chi connectivity index (χ2v) is 10.9. The van der Waals surface area contributed by atoms with Crippen molar-refractivity contribution in [3.05, 3.63) is 70.2 Å². The van der Waals surface area contributed by atoms with Crippen LogP contribution < -0.4 is 4.90 Å². The molecule has 1 fully saturated rings. The summed E-state index contributed by atoms with van der Waals surface area (Å²) in [5, 5.41) is 10.4. The molecule has 1 saturated heterocycles. The minimum atomic E-state index is -0.0202. The third-order valence-electron chi connectivity index (χ3n) is 6.54. The molecule has 1 aliphatic carbocycles. The fraction of sp³-hybridized carbons (Fsp3) is 0.407. The van der Waals surface area contributed by atoms with Gasteiger partial charge in [0.15, 0.2) is 10.9 Å². The van der Waals surface area contributed by atoms with Gasteiger partial charge >= 0.3 is 0 Å². The number of carbonyl (C=O) groups is 1. The van der Waals surface area contributed by atoms with E-state index in [0.29, 0.717) is 19.6 Å². The molecule has 5 rings (SSSR count). The molecule has 2 aliphatic rings. The Kier molecular flexibility index (Phi) is 6.08. The summed E-state index contributed by atoms with van der Waals surface area (Å²) in [6, 6.07) is 16.8. The minimum absolute atomic E-state index is 0.0202. The van der Waals surface area contributed by atoms with Crippen LogP contribution in [0.1, 0.15) is 46.8 Å². The van der Waals surface area contributed by atoms with Crippen LogP contribution in [0.2, 0.25) is 0 Å². The second-order valence-electron chi connectivity index (χ2n) is 9.90. The molecule has 1 atom stereocenters. The summed E-state index contributed by atoms with van der Waals surface area (Å²) in [6.45, 7) is 6.44. The second kappa shape index (κ2) is 9.01. The molecule has 2 heterocycles. The highest BCUT2D eigenvalue weighted by Crippen LogP contribution is 2.40. The van der Waals surface area contributed by atoms with E-state index in [0.717, 1.165) is 51.8 Å². The Bertz CT molecular complexity index is 1170. The van der Waals surface area contributed by atoms with Crippen molar-refractivity contribution in [2.45, 2.75) is 45.8 Å². The number of thiazole rings is 1. The molecule has 0 amide bonds. The number of rotatable bonds is 5. The predicted octanol–water partition coefficient (Wildman–Crippen LogP) is 4.91. The first-order valence-electron chi connectivity index (χ1n) is 11.6. The molecular formula is C27H30N2O3S. The van der Waals surface area contributed by atoms with Gasteiger partial charge in [-0.3, -0.25) is 4.79 Å². The molecule has 1 aromatic heterocycles. The number of benzene rings is 2. The fourth-order valence-electron chi connectivity index (χ4n) is 4.91. The first kappa shape index (κ1) is 22.3. The highest BCUT2D eigenvalue weighted by atomic mass is 32.1. The van der Waals surface area contributed by atoms with Crippen LogP contribution in [0.15, 0.2) is 48.5 Å². The van der Waals surface area contributed by atoms with E-state index in [1.54, 1.807) is 11.3 Å². The van der Waals surface area contributed by atoms with Gasteiger partial charge in [0.25, 0.3) is 0 Å². The van der Waals surface area contributed by atoms with Crippen molar-refractivity contribution in [1.82, 2.24) is 4.98 Å². The lowest BCUT2D eigenvalue weighted by Crippen LogP contribution is -2.46. The number of aromatic nitrogens is 1. The van der Waals surface area contributed by atoms with Crippen LogP contribution in [0.3, 0.4) is 0 Å². The van der Waals surface area contributed by atoms with Gasteiger partial charge in [-0.25, -0.2) is 4.98 Å². The predicted molar refractivity (Wildman–Crippen MR) is 132 cm³/mol. The number of ether oxygens (including phenoxy) is 1. The van der Waals surface area contributed by atoms with Gasteiger partial charge < -0.3 is 14.7 Å². The number of ketones is 1. The Balaban J connectivity index is 1.39. The van der Waals surface area contributed by atoms with Crippen molar-refractivity contribution in [2.24, 2.45) is 5.41 Å². The number of anilines is 1. The smallest absolute Gasteiger partial charge is 0.186 e. The number of morpholine rings is 1. The number of aliphatic hydroxyl groups excluding tert-OH is 1. The fourth-order valence-corrected chi connectivity index (χ4v) is 6.02. The molecule has 0 bridgehead atoms. The van der Waals surface area contributed by atoms with Crippen molar-refractivity contribution in [1.29, 1.82) is 0 Å². The van der Waals surface area contributed by atoms with Crippen molar-refractivity contribution >= 4 is 22.3 Å². The number of hydrogen-bond donors (Lipinski definition) is 1. The van der Waals surface area contributed by atoms with Gasteiger partial charge in [0.05, 0.1) is 36.4 Å². The SMILES string of the molecule is CC1(C)CC(=O)c2sc(N3CCOC[C@@H]3Cc3cccc(-c4cccc(CO)c4)c3)nc2C1. The Labute approximate surface area is 199 Å². The van der Waals surface area contributed by atoms with Gasteiger partial charge in [0.1, 0.15) is 0 Å². The van der Waals surface area contributed by atoms with Gasteiger partial charge in [0.2, 0.25) is 0 Å². The van der Waals surface area contributed by atoms with Crippen LogP contribution in [-0.2, 0) is 24.2 Å². The molecule has 1 aliphatic heterocycles. The van der Waals surface area contributed by atoms with E-state index in [4.69, 9.17) is 9.72 Å². The van der Waals surface area contributed by atoms with E-state index in [2.05, 4.69) is 49.1 Å². The first-order chi connectivity index (χ1) is 15.9. The van der Waals surface area contributed by atoms with E-state index in [1.165, 1.54) is 5.56 Å². The molecule has 2 aromatic carbocycles. The molecule has 0 unspecified atom stereocenters. The number of fused-ring (bicyclic) bond motifs is 1. The average molecular weight is 463 g/mol. The lowest BCUT2D eigenvalue weighted by molar-refractivity contribution is 0.0915. The molecule has 0 spiro atoms. The van der Waals surface area contributed by atoms with Gasteiger partial charge in [-0.2, -0.15) is 0 Å². The molecule has 0 radical (unpaired) electrons. The first-order valence-corrected chi connectivity index (χ1v) is 12.4. The quantitative estimate of drug-likeness (QED) is 0.584. The standard InChI is InChI=1S/C27H30N2O3S/c1-27(2)14-23-25(24(31)15-27)33-26(28-23)29-9-10-32-17-22(29)13-18-5-3-7-20(11-18)21-8-4-6-19(12-21)16-30/h3-8,11-12,22,30H,9-10,13-17H2,1-2H3/t22-/m0/s1. The van der Waals surface area contributed by atoms with Gasteiger partial charge in [-0.15, -0.1) is 0 Å². The van der Waals surface area contributed by atoms with Crippen LogP contribution in [0.5, 0.6) is 0 Å². The molecule has 172 valence electrons. The molecular weight excluding hydrogens is 432 g/mol. The maximum Gasteiger partial charge on any atom is 0.186 e. The van der Waals surface area contributed by atoms with Gasteiger partial charge in [-0.1, -0.05) is 67.6 Å². The zero-order valence-electron chi connectivity index (χ0n) is 19.2. The van der Waals surface area contributed by atoms with Crippen LogP contribution >= 0.6 is 11.3 Å². The van der Waals surface area contributed by atoms with Gasteiger partial charge in [-0.05, 0) is 46.6 Å². The lowest BCUT2D eigenvalue weighted by atomic mass is 9.78. The Hall–Kier alpha value is -2.54. The number of aliphatic hydroxyl groups is 1. The van der Waals surface area contributed by atoms with Crippen molar-refractivity contribution in [3.63, 3.8) is 0 Å². The third kappa shape index (κ3) is 4.74.